The molecule has 3 N–H and O–H groups in total. The summed E-state index contributed by atoms with van der Waals surface area (Å²) >= 11 is 0. The van der Waals surface area contributed by atoms with E-state index in [9.17, 15) is 5.11 Å². The first kappa shape index (κ1) is 17.6. The van der Waals surface area contributed by atoms with E-state index < -0.39 is 6.10 Å². The number of nitrogen functional groups attached to an aromatic ring is 1. The molecule has 7 nitrogen and oxygen atoms in total. The van der Waals surface area contributed by atoms with Crippen LogP contribution in [0.4, 0.5) is 11.9 Å². The number of hydrogen-bond donors (Lipinski definition) is 2. The fraction of sp³-hybridized carbons (Fsp3) is 0.500. The molecule has 0 unspecified atom stereocenters. The Morgan fingerprint density at radius 2 is 2.00 bits per heavy atom. The smallest absolute Gasteiger partial charge is 0.229 e. The zero-order chi connectivity index (χ0) is 17.8. The molecule has 0 bridgehead atoms. The number of benzene rings is 1. The van der Waals surface area contributed by atoms with Gasteiger partial charge in [-0.25, -0.2) is 0 Å². The van der Waals surface area contributed by atoms with E-state index in [1.807, 2.05) is 49.3 Å². The fourth-order valence-corrected chi connectivity index (χ4v) is 3.32. The van der Waals surface area contributed by atoms with E-state index in [1.165, 1.54) is 0 Å². The highest BCUT2D eigenvalue weighted by atomic mass is 16.3. The third-order valence-corrected chi connectivity index (χ3v) is 4.61. The highest BCUT2D eigenvalue weighted by molar-refractivity contribution is 5.32. The van der Waals surface area contributed by atoms with Crippen molar-refractivity contribution in [1.29, 1.82) is 0 Å². The number of nitrogens with two attached hydrogens (primary N) is 1. The number of aliphatic hydroxyl groups excluding tert-OH is 1. The van der Waals surface area contributed by atoms with Crippen LogP contribution in [0.15, 0.2) is 30.3 Å². The fourth-order valence-electron chi connectivity index (χ4n) is 3.32. The van der Waals surface area contributed by atoms with Crippen LogP contribution < -0.4 is 10.6 Å². The van der Waals surface area contributed by atoms with Crippen LogP contribution in [0.25, 0.3) is 0 Å². The van der Waals surface area contributed by atoms with Gasteiger partial charge in [-0.2, -0.15) is 15.0 Å². The molecule has 0 spiro atoms. The molecule has 1 aliphatic rings. The van der Waals surface area contributed by atoms with Crippen LogP contribution in [0.1, 0.15) is 36.8 Å². The molecule has 1 fully saturated rings. The predicted octanol–water partition coefficient (Wildman–Crippen LogP) is 1.61. The number of aliphatic hydroxyl groups is 1. The van der Waals surface area contributed by atoms with Crippen LogP contribution in [0.3, 0.4) is 0 Å². The van der Waals surface area contributed by atoms with Crippen LogP contribution in [0.2, 0.25) is 0 Å². The Bertz CT molecular complexity index is 693. The average Bonchev–Trinajstić information content (AvgIpc) is 3.01. The van der Waals surface area contributed by atoms with Gasteiger partial charge in [0.1, 0.15) is 5.82 Å². The van der Waals surface area contributed by atoms with Crippen LogP contribution >= 0.6 is 0 Å². The molecule has 0 aliphatic carbocycles. The number of anilines is 2. The van der Waals surface area contributed by atoms with E-state index in [0.29, 0.717) is 30.8 Å². The molecule has 1 aromatic heterocycles. The van der Waals surface area contributed by atoms with Crippen molar-refractivity contribution in [2.45, 2.75) is 38.0 Å². The second kappa shape index (κ2) is 7.76. The summed E-state index contributed by atoms with van der Waals surface area (Å²) < 4.78 is 0. The minimum atomic E-state index is -0.451. The molecule has 0 radical (unpaired) electrons. The number of hydrogen-bond acceptors (Lipinski definition) is 7. The number of nitrogens with zero attached hydrogens (tertiary/aromatic N) is 5. The lowest BCUT2D eigenvalue weighted by atomic mass is 10.0. The Balaban J connectivity index is 1.68. The van der Waals surface area contributed by atoms with Gasteiger partial charge in [0.2, 0.25) is 11.9 Å². The van der Waals surface area contributed by atoms with Crippen LogP contribution in [-0.4, -0.2) is 51.6 Å². The topological polar surface area (TPSA) is 91.4 Å². The molecular weight excluding hydrogens is 316 g/mol. The summed E-state index contributed by atoms with van der Waals surface area (Å²) in [5, 5.41) is 10.5. The average molecular weight is 342 g/mol. The first-order valence-electron chi connectivity index (χ1n) is 8.67. The maximum absolute atomic E-state index is 10.5. The lowest BCUT2D eigenvalue weighted by Gasteiger charge is -2.26. The zero-order valence-corrected chi connectivity index (χ0v) is 14.8. The molecule has 1 aromatic carbocycles. The summed E-state index contributed by atoms with van der Waals surface area (Å²) in [6.45, 7) is 1.61. The molecule has 2 aromatic rings. The van der Waals surface area contributed by atoms with Gasteiger partial charge in [-0.05, 0) is 31.4 Å². The number of rotatable bonds is 6. The summed E-state index contributed by atoms with van der Waals surface area (Å²) in [4.78, 5) is 17.1. The van der Waals surface area contributed by atoms with E-state index in [0.717, 1.165) is 24.9 Å². The van der Waals surface area contributed by atoms with Gasteiger partial charge in [0.15, 0.2) is 0 Å². The highest BCUT2D eigenvalue weighted by Gasteiger charge is 2.28. The third-order valence-electron chi connectivity index (χ3n) is 4.61. The summed E-state index contributed by atoms with van der Waals surface area (Å²) in [5.74, 6) is 1.49. The molecule has 1 aliphatic heterocycles. The van der Waals surface area contributed by atoms with Crippen molar-refractivity contribution in [3.63, 3.8) is 0 Å². The van der Waals surface area contributed by atoms with Crippen molar-refractivity contribution in [3.05, 3.63) is 41.7 Å². The van der Waals surface area contributed by atoms with Gasteiger partial charge in [-0.1, -0.05) is 30.3 Å². The van der Waals surface area contributed by atoms with Crippen LogP contribution in [0, 0.1) is 0 Å². The van der Waals surface area contributed by atoms with E-state index in [2.05, 4.69) is 19.9 Å². The maximum Gasteiger partial charge on any atom is 0.229 e. The first-order chi connectivity index (χ1) is 12.0. The molecule has 25 heavy (non-hydrogen) atoms. The quantitative estimate of drug-likeness (QED) is 0.824. The van der Waals surface area contributed by atoms with Gasteiger partial charge < -0.3 is 15.7 Å². The van der Waals surface area contributed by atoms with Crippen molar-refractivity contribution in [2.24, 2.45) is 0 Å². The van der Waals surface area contributed by atoms with Gasteiger partial charge in [-0.3, -0.25) is 4.90 Å². The Labute approximate surface area is 148 Å². The molecule has 0 amide bonds. The minimum absolute atomic E-state index is 0.244. The maximum atomic E-state index is 10.5. The van der Waals surface area contributed by atoms with E-state index >= 15 is 0 Å². The molecule has 7 heteroatoms. The summed E-state index contributed by atoms with van der Waals surface area (Å²) in [5.41, 5.74) is 6.78. The van der Waals surface area contributed by atoms with Gasteiger partial charge in [0.25, 0.3) is 0 Å². The lowest BCUT2D eigenvalue weighted by Crippen LogP contribution is -2.31. The Morgan fingerprint density at radius 3 is 2.72 bits per heavy atom. The lowest BCUT2D eigenvalue weighted by molar-refractivity contribution is 0.117. The first-order valence-corrected chi connectivity index (χ1v) is 8.67. The SMILES string of the molecule is CN(C)c1nc(N)nc(CN2CCC[C@H]2C[C@H](O)c2ccccc2)n1. The number of aromatic nitrogens is 3. The van der Waals surface area contributed by atoms with Gasteiger partial charge >= 0.3 is 0 Å². The normalized spacial score (nSPS) is 19.1. The summed E-state index contributed by atoms with van der Waals surface area (Å²) in [6, 6.07) is 10.1. The second-order valence-corrected chi connectivity index (χ2v) is 6.73. The molecule has 0 saturated carbocycles. The number of likely N-dealkylation sites (tertiary alicyclic amines) is 1. The van der Waals surface area contributed by atoms with Crippen LogP contribution in [-0.2, 0) is 6.54 Å². The van der Waals surface area contributed by atoms with Crippen molar-refractivity contribution < 1.29 is 5.11 Å². The molecule has 1 saturated heterocycles. The zero-order valence-electron chi connectivity index (χ0n) is 14.8. The molecule has 3 rings (SSSR count). The summed E-state index contributed by atoms with van der Waals surface area (Å²) in [7, 11) is 3.76. The molecule has 2 atom stereocenters. The Morgan fingerprint density at radius 1 is 1.24 bits per heavy atom. The van der Waals surface area contributed by atoms with E-state index in [1.54, 1.807) is 0 Å². The second-order valence-electron chi connectivity index (χ2n) is 6.73. The molecule has 134 valence electrons. The largest absolute Gasteiger partial charge is 0.388 e. The minimum Gasteiger partial charge on any atom is -0.388 e. The molecule has 2 heterocycles. The van der Waals surface area contributed by atoms with Gasteiger partial charge in [-0.15, -0.1) is 0 Å². The van der Waals surface area contributed by atoms with Crippen molar-refractivity contribution in [3.8, 4) is 0 Å². The molecular formula is C18H26N6O. The monoisotopic (exact) mass is 342 g/mol. The Hall–Kier alpha value is -2.25. The highest BCUT2D eigenvalue weighted by Crippen LogP contribution is 2.28. The van der Waals surface area contributed by atoms with Crippen molar-refractivity contribution in [1.82, 2.24) is 19.9 Å². The standard InChI is InChI=1S/C18H26N6O/c1-23(2)18-21-16(20-17(19)22-18)12-24-10-6-9-14(24)11-15(25)13-7-4-3-5-8-13/h3-5,7-8,14-15,25H,6,9-12H2,1-2H3,(H2,19,20,21,22)/t14-,15-/m0/s1. The predicted molar refractivity (Wildman–Crippen MR) is 98.0 cm³/mol. The van der Waals surface area contributed by atoms with E-state index in [-0.39, 0.29) is 5.95 Å². The Kier molecular flexibility index (Phi) is 5.45. The van der Waals surface area contributed by atoms with Crippen molar-refractivity contribution >= 4 is 11.9 Å². The van der Waals surface area contributed by atoms with E-state index in [4.69, 9.17) is 5.73 Å². The summed E-state index contributed by atoms with van der Waals surface area (Å²) in [6.07, 6.45) is 2.45. The third kappa shape index (κ3) is 4.43. The van der Waals surface area contributed by atoms with Crippen LogP contribution in [0.5, 0.6) is 0 Å². The van der Waals surface area contributed by atoms with Crippen molar-refractivity contribution in [2.75, 3.05) is 31.3 Å². The van der Waals surface area contributed by atoms with Gasteiger partial charge in [0.05, 0.1) is 12.6 Å². The van der Waals surface area contributed by atoms with Gasteiger partial charge in [0, 0.05) is 20.1 Å².